The van der Waals surface area contributed by atoms with Crippen LogP contribution in [-0.2, 0) is 9.53 Å². The smallest absolute Gasteiger partial charge is 0.229 e. The zero-order valence-electron chi connectivity index (χ0n) is 12.5. The molecule has 2 N–H and O–H groups in total. The fraction of sp³-hybridized carbons (Fsp3) is 0.562. The van der Waals surface area contributed by atoms with Gasteiger partial charge in [0, 0.05) is 13.7 Å². The number of amides is 1. The summed E-state index contributed by atoms with van der Waals surface area (Å²) in [5.41, 5.74) is 5.49. The number of halogens is 1. The lowest BCUT2D eigenvalue weighted by Crippen LogP contribution is -2.45. The summed E-state index contributed by atoms with van der Waals surface area (Å²) in [6, 6.07) is 6.35. The maximum Gasteiger partial charge on any atom is 0.229 e. The van der Waals surface area contributed by atoms with Crippen molar-refractivity contribution < 1.29 is 13.9 Å². The van der Waals surface area contributed by atoms with Gasteiger partial charge in [0.15, 0.2) is 0 Å². The highest BCUT2D eigenvalue weighted by Crippen LogP contribution is 2.38. The van der Waals surface area contributed by atoms with E-state index in [9.17, 15) is 9.18 Å². The molecule has 1 fully saturated rings. The largest absolute Gasteiger partial charge is 0.378 e. The van der Waals surface area contributed by atoms with Crippen LogP contribution in [0.4, 0.5) is 10.1 Å². The minimum atomic E-state index is -0.386. The number of ether oxygens (including phenoxy) is 1. The molecule has 0 atom stereocenters. The van der Waals surface area contributed by atoms with Crippen molar-refractivity contribution in [1.82, 2.24) is 0 Å². The molecule has 1 aromatic rings. The first kappa shape index (κ1) is 15.9. The summed E-state index contributed by atoms with van der Waals surface area (Å²) in [6.45, 7) is 0.893. The van der Waals surface area contributed by atoms with Gasteiger partial charge >= 0.3 is 0 Å². The van der Waals surface area contributed by atoms with Crippen molar-refractivity contribution in [3.63, 3.8) is 0 Å². The summed E-state index contributed by atoms with van der Waals surface area (Å²) in [6.07, 6.45) is 3.78. The second-order valence-electron chi connectivity index (χ2n) is 5.56. The first-order valence-corrected chi connectivity index (χ1v) is 7.42. The average Bonchev–Trinajstić information content (AvgIpc) is 2.45. The first-order valence-electron chi connectivity index (χ1n) is 7.42. The third kappa shape index (κ3) is 3.60. The highest BCUT2D eigenvalue weighted by atomic mass is 19.1. The number of carbonyl (C=O) groups is 1. The van der Waals surface area contributed by atoms with Crippen LogP contribution < -0.4 is 10.6 Å². The molecule has 0 unspecified atom stereocenters. The minimum Gasteiger partial charge on any atom is -0.378 e. The van der Waals surface area contributed by atoms with Crippen LogP contribution in [0.3, 0.4) is 0 Å². The Bertz CT molecular complexity index is 483. The van der Waals surface area contributed by atoms with Crippen molar-refractivity contribution in [2.24, 2.45) is 5.73 Å². The molecule has 1 saturated carbocycles. The molecule has 1 aliphatic rings. The van der Waals surface area contributed by atoms with Crippen molar-refractivity contribution in [2.75, 3.05) is 25.1 Å². The number of methoxy groups -OCH3 is 1. The summed E-state index contributed by atoms with van der Waals surface area (Å²) >= 11 is 0. The van der Waals surface area contributed by atoms with Crippen molar-refractivity contribution in [2.45, 2.75) is 37.7 Å². The predicted octanol–water partition coefficient (Wildman–Crippen LogP) is 2.47. The third-order valence-corrected chi connectivity index (χ3v) is 4.20. The van der Waals surface area contributed by atoms with E-state index in [1.807, 2.05) is 0 Å². The Morgan fingerprint density at radius 2 is 2.14 bits per heavy atom. The van der Waals surface area contributed by atoms with E-state index in [0.29, 0.717) is 31.6 Å². The Hall–Kier alpha value is -1.46. The van der Waals surface area contributed by atoms with Gasteiger partial charge in [-0.25, -0.2) is 4.39 Å². The molecule has 21 heavy (non-hydrogen) atoms. The number of hydrogen-bond donors (Lipinski definition) is 1. The lowest BCUT2D eigenvalue weighted by Gasteiger charge is -2.41. The fourth-order valence-electron chi connectivity index (χ4n) is 2.69. The van der Waals surface area contributed by atoms with Crippen molar-refractivity contribution in [1.29, 1.82) is 0 Å². The topological polar surface area (TPSA) is 55.6 Å². The zero-order chi connectivity index (χ0) is 15.3. The van der Waals surface area contributed by atoms with Gasteiger partial charge < -0.3 is 15.4 Å². The summed E-state index contributed by atoms with van der Waals surface area (Å²) in [4.78, 5) is 14.1. The Morgan fingerprint density at radius 3 is 2.67 bits per heavy atom. The van der Waals surface area contributed by atoms with Gasteiger partial charge in [0.05, 0.1) is 17.7 Å². The number of nitrogens with two attached hydrogens (primary N) is 1. The van der Waals surface area contributed by atoms with Crippen LogP contribution >= 0.6 is 0 Å². The van der Waals surface area contributed by atoms with Gasteiger partial charge in [-0.2, -0.15) is 0 Å². The quantitative estimate of drug-likeness (QED) is 0.840. The molecule has 1 aromatic carbocycles. The molecule has 1 aliphatic carbocycles. The molecule has 0 saturated heterocycles. The van der Waals surface area contributed by atoms with Gasteiger partial charge in [-0.1, -0.05) is 12.1 Å². The fourth-order valence-corrected chi connectivity index (χ4v) is 2.69. The molecule has 0 heterocycles. The molecule has 5 heteroatoms. The molecular formula is C16H23FN2O2. The van der Waals surface area contributed by atoms with E-state index in [0.717, 1.165) is 19.3 Å². The maximum absolute atomic E-state index is 14.0. The number of para-hydroxylation sites is 1. The van der Waals surface area contributed by atoms with Gasteiger partial charge in [-0.05, 0) is 44.4 Å². The Kier molecular flexibility index (Phi) is 5.31. The van der Waals surface area contributed by atoms with Gasteiger partial charge in [0.25, 0.3) is 0 Å². The van der Waals surface area contributed by atoms with Crippen molar-refractivity contribution in [3.8, 4) is 0 Å². The van der Waals surface area contributed by atoms with Crippen LogP contribution in [0.15, 0.2) is 24.3 Å². The molecule has 0 radical (unpaired) electrons. The van der Waals surface area contributed by atoms with Crippen molar-refractivity contribution >= 4 is 11.6 Å². The van der Waals surface area contributed by atoms with Crippen molar-refractivity contribution in [3.05, 3.63) is 30.1 Å². The van der Waals surface area contributed by atoms with E-state index in [1.165, 1.54) is 11.0 Å². The molecule has 0 aliphatic heterocycles. The van der Waals surface area contributed by atoms with Crippen LogP contribution in [0, 0.1) is 5.82 Å². The predicted molar refractivity (Wildman–Crippen MR) is 80.6 cm³/mol. The molecule has 1 amide bonds. The lowest BCUT2D eigenvalue weighted by atomic mass is 9.77. The highest BCUT2D eigenvalue weighted by Gasteiger charge is 2.40. The van der Waals surface area contributed by atoms with Crippen LogP contribution in [0.25, 0.3) is 0 Å². The average molecular weight is 294 g/mol. The number of hydrogen-bond acceptors (Lipinski definition) is 3. The monoisotopic (exact) mass is 294 g/mol. The SMILES string of the molecule is COC1(CC(=O)N(CCCN)c2ccccc2F)CCC1. The van der Waals surface area contributed by atoms with E-state index in [4.69, 9.17) is 10.5 Å². The Balaban J connectivity index is 2.15. The zero-order valence-corrected chi connectivity index (χ0v) is 12.5. The summed E-state index contributed by atoms with van der Waals surface area (Å²) in [5, 5.41) is 0. The number of rotatable bonds is 7. The third-order valence-electron chi connectivity index (χ3n) is 4.20. The van der Waals surface area contributed by atoms with Crippen LogP contribution in [0.1, 0.15) is 32.1 Å². The number of anilines is 1. The van der Waals surface area contributed by atoms with Crippen LogP contribution in [0.5, 0.6) is 0 Å². The van der Waals surface area contributed by atoms with Crippen LogP contribution in [-0.4, -0.2) is 31.7 Å². The van der Waals surface area contributed by atoms with E-state index < -0.39 is 0 Å². The Morgan fingerprint density at radius 1 is 1.43 bits per heavy atom. The van der Waals surface area contributed by atoms with Crippen LogP contribution in [0.2, 0.25) is 0 Å². The van der Waals surface area contributed by atoms with Gasteiger partial charge in [-0.15, -0.1) is 0 Å². The number of nitrogens with zero attached hydrogens (tertiary/aromatic N) is 1. The summed E-state index contributed by atoms with van der Waals surface area (Å²) in [7, 11) is 1.64. The number of carbonyl (C=O) groups excluding carboxylic acids is 1. The Labute approximate surface area is 125 Å². The second-order valence-corrected chi connectivity index (χ2v) is 5.56. The normalized spacial score (nSPS) is 16.3. The minimum absolute atomic E-state index is 0.102. The molecule has 4 nitrogen and oxygen atoms in total. The van der Waals surface area contributed by atoms with Gasteiger partial charge in [0.2, 0.25) is 5.91 Å². The molecule has 2 rings (SSSR count). The molecule has 0 aromatic heterocycles. The molecule has 0 spiro atoms. The highest BCUT2D eigenvalue weighted by molar-refractivity contribution is 5.94. The molecular weight excluding hydrogens is 271 g/mol. The summed E-state index contributed by atoms with van der Waals surface area (Å²) in [5.74, 6) is -0.488. The van der Waals surface area contributed by atoms with Gasteiger partial charge in [0.1, 0.15) is 5.82 Å². The van der Waals surface area contributed by atoms with E-state index >= 15 is 0 Å². The second kappa shape index (κ2) is 7.00. The van der Waals surface area contributed by atoms with E-state index in [2.05, 4.69) is 0 Å². The van der Waals surface area contributed by atoms with Gasteiger partial charge in [-0.3, -0.25) is 4.79 Å². The van der Waals surface area contributed by atoms with E-state index in [1.54, 1.807) is 25.3 Å². The lowest BCUT2D eigenvalue weighted by molar-refractivity contribution is -0.131. The maximum atomic E-state index is 14.0. The first-order chi connectivity index (χ1) is 10.1. The van der Waals surface area contributed by atoms with E-state index in [-0.39, 0.29) is 17.3 Å². The standard InChI is InChI=1S/C16H23FN2O2/c1-21-16(8-4-9-16)12-15(20)19(11-5-10-18)14-7-3-2-6-13(14)17/h2-3,6-7H,4-5,8-12,18H2,1H3. The molecule has 0 bridgehead atoms. The summed E-state index contributed by atoms with van der Waals surface area (Å²) < 4.78 is 19.5. The number of benzene rings is 1. The molecule has 116 valence electrons.